The average Bonchev–Trinajstić information content (AvgIpc) is 3.31. The predicted octanol–water partition coefficient (Wildman–Crippen LogP) is 4.51. The summed E-state index contributed by atoms with van der Waals surface area (Å²) < 4.78 is 19.3. The Balaban J connectivity index is 1.47. The fourth-order valence-electron chi connectivity index (χ4n) is 5.22. The fourth-order valence-corrected chi connectivity index (χ4v) is 5.22. The zero-order valence-electron chi connectivity index (χ0n) is 19.3. The summed E-state index contributed by atoms with van der Waals surface area (Å²) in [5.74, 6) is -0.115. The van der Waals surface area contributed by atoms with Gasteiger partial charge in [0, 0.05) is 30.9 Å². The van der Waals surface area contributed by atoms with Crippen molar-refractivity contribution in [3.63, 3.8) is 0 Å². The molecule has 0 radical (unpaired) electrons. The van der Waals surface area contributed by atoms with Crippen molar-refractivity contribution >= 4 is 17.6 Å². The lowest BCUT2D eigenvalue weighted by Crippen LogP contribution is -2.59. The maximum absolute atomic E-state index is 14.2. The number of hydrogen-bond donors (Lipinski definition) is 0. The van der Waals surface area contributed by atoms with Crippen molar-refractivity contribution < 1.29 is 18.5 Å². The first-order valence-electron chi connectivity index (χ1n) is 11.5. The van der Waals surface area contributed by atoms with Crippen molar-refractivity contribution in [2.45, 2.75) is 51.4 Å². The molecule has 0 aliphatic carbocycles. The van der Waals surface area contributed by atoms with Crippen LogP contribution in [0.5, 0.6) is 0 Å². The van der Waals surface area contributed by atoms with Crippen LogP contribution in [0.2, 0.25) is 0 Å². The van der Waals surface area contributed by atoms with Gasteiger partial charge in [-0.25, -0.2) is 9.18 Å². The largest absolute Gasteiger partial charge is 0.361 e. The molecule has 8 heteroatoms. The number of imide groups is 1. The highest BCUT2D eigenvalue weighted by Crippen LogP contribution is 2.43. The number of hydrogen-bond acceptors (Lipinski definition) is 5. The highest BCUT2D eigenvalue weighted by molar-refractivity contribution is 6.16. The number of benzene rings is 2. The summed E-state index contributed by atoms with van der Waals surface area (Å²) in [7, 11) is 0. The number of likely N-dealkylation sites (tertiary alicyclic amines) is 1. The quantitative estimate of drug-likeness (QED) is 0.522. The van der Waals surface area contributed by atoms with E-state index in [-0.39, 0.29) is 18.5 Å². The summed E-state index contributed by atoms with van der Waals surface area (Å²) >= 11 is 0. The molecule has 7 nitrogen and oxygen atoms in total. The number of nitrogens with zero attached hydrogens (tertiary/aromatic N) is 4. The van der Waals surface area contributed by atoms with Crippen molar-refractivity contribution in [1.82, 2.24) is 15.0 Å². The van der Waals surface area contributed by atoms with Gasteiger partial charge in [0.25, 0.3) is 5.91 Å². The van der Waals surface area contributed by atoms with Crippen LogP contribution in [0, 0.1) is 12.7 Å². The van der Waals surface area contributed by atoms with Gasteiger partial charge in [-0.1, -0.05) is 41.6 Å². The van der Waals surface area contributed by atoms with Gasteiger partial charge in [-0.2, -0.15) is 0 Å². The smallest absolute Gasteiger partial charge is 0.332 e. The SMILES string of the molecule is Cc1cc(CN2C(=O)N(c3cccc(F)c3)[C@@]3(CCN(Cc4ccccc4)[C@@H](C)C3)C2=O)no1. The molecule has 2 aliphatic rings. The van der Waals surface area contributed by atoms with Gasteiger partial charge < -0.3 is 4.52 Å². The Morgan fingerprint density at radius 3 is 2.56 bits per heavy atom. The van der Waals surface area contributed by atoms with Gasteiger partial charge in [0.1, 0.15) is 22.8 Å². The van der Waals surface area contributed by atoms with Gasteiger partial charge in [0.2, 0.25) is 0 Å². The van der Waals surface area contributed by atoms with Crippen LogP contribution in [0.25, 0.3) is 0 Å². The molecule has 0 N–H and O–H groups in total. The number of aromatic nitrogens is 1. The van der Waals surface area contributed by atoms with E-state index in [2.05, 4.69) is 29.1 Å². The number of carbonyl (C=O) groups is 2. The van der Waals surface area contributed by atoms with Gasteiger partial charge in [0.05, 0.1) is 6.54 Å². The molecule has 176 valence electrons. The minimum Gasteiger partial charge on any atom is -0.361 e. The van der Waals surface area contributed by atoms with Crippen molar-refractivity contribution in [3.05, 3.63) is 83.5 Å². The minimum atomic E-state index is -1.07. The normalized spacial score (nSPS) is 23.3. The van der Waals surface area contributed by atoms with Gasteiger partial charge in [-0.3, -0.25) is 19.5 Å². The van der Waals surface area contributed by atoms with E-state index >= 15 is 0 Å². The summed E-state index contributed by atoms with van der Waals surface area (Å²) in [6.45, 7) is 5.26. The fraction of sp³-hybridized carbons (Fsp3) is 0.346. The molecule has 3 aromatic rings. The number of amides is 3. The molecule has 1 aromatic heterocycles. The third-order valence-electron chi connectivity index (χ3n) is 6.85. The number of rotatable bonds is 5. The molecule has 34 heavy (non-hydrogen) atoms. The van der Waals surface area contributed by atoms with E-state index in [1.54, 1.807) is 25.1 Å². The maximum atomic E-state index is 14.2. The van der Waals surface area contributed by atoms with E-state index < -0.39 is 17.4 Å². The molecule has 0 saturated carbocycles. The summed E-state index contributed by atoms with van der Waals surface area (Å²) in [5.41, 5.74) is 1.02. The molecule has 2 saturated heterocycles. The molecule has 3 amide bonds. The monoisotopic (exact) mass is 462 g/mol. The maximum Gasteiger partial charge on any atom is 0.332 e. The van der Waals surface area contributed by atoms with Crippen LogP contribution < -0.4 is 4.90 Å². The topological polar surface area (TPSA) is 69.9 Å². The summed E-state index contributed by atoms with van der Waals surface area (Å²) in [4.78, 5) is 32.6. The van der Waals surface area contributed by atoms with E-state index in [1.165, 1.54) is 27.5 Å². The second kappa shape index (κ2) is 8.68. The van der Waals surface area contributed by atoms with Crippen LogP contribution in [0.1, 0.15) is 36.8 Å². The van der Waals surface area contributed by atoms with Crippen LogP contribution in [-0.2, 0) is 17.9 Å². The second-order valence-corrected chi connectivity index (χ2v) is 9.21. The Morgan fingerprint density at radius 2 is 1.88 bits per heavy atom. The van der Waals surface area contributed by atoms with Crippen LogP contribution in [0.4, 0.5) is 14.9 Å². The van der Waals surface area contributed by atoms with Crippen LogP contribution >= 0.6 is 0 Å². The number of anilines is 1. The molecule has 1 spiro atoms. The Bertz CT molecular complexity index is 1210. The first-order chi connectivity index (χ1) is 16.4. The Kier molecular flexibility index (Phi) is 5.69. The van der Waals surface area contributed by atoms with Crippen molar-refractivity contribution in [2.75, 3.05) is 11.4 Å². The van der Waals surface area contributed by atoms with Crippen molar-refractivity contribution in [1.29, 1.82) is 0 Å². The number of halogens is 1. The molecule has 2 aliphatic heterocycles. The molecule has 5 rings (SSSR count). The van der Waals surface area contributed by atoms with Gasteiger partial charge in [-0.15, -0.1) is 0 Å². The lowest BCUT2D eigenvalue weighted by molar-refractivity contribution is -0.133. The summed E-state index contributed by atoms with van der Waals surface area (Å²) in [6.07, 6.45) is 0.912. The Morgan fingerprint density at radius 1 is 1.09 bits per heavy atom. The second-order valence-electron chi connectivity index (χ2n) is 9.21. The number of carbonyl (C=O) groups excluding carboxylic acids is 2. The molecular weight excluding hydrogens is 435 g/mol. The number of piperidine rings is 1. The van der Waals surface area contributed by atoms with E-state index in [1.807, 2.05) is 18.2 Å². The number of aryl methyl sites for hydroxylation is 1. The molecule has 3 heterocycles. The van der Waals surface area contributed by atoms with Crippen LogP contribution in [0.3, 0.4) is 0 Å². The van der Waals surface area contributed by atoms with E-state index in [0.717, 1.165) is 6.54 Å². The predicted molar refractivity (Wildman–Crippen MR) is 124 cm³/mol. The standard InChI is InChI=1S/C26H27FN4O3/c1-18-15-26(11-12-29(18)16-20-7-4-3-5-8-20)24(32)30(17-22-13-19(2)34-28-22)25(33)31(26)23-10-6-9-21(27)14-23/h3-10,13-14,18H,11-12,15-17H2,1-2H3/t18-,26+/m0/s1. The summed E-state index contributed by atoms with van der Waals surface area (Å²) in [6, 6.07) is 17.4. The van der Waals surface area contributed by atoms with Gasteiger partial charge >= 0.3 is 6.03 Å². The van der Waals surface area contributed by atoms with E-state index in [0.29, 0.717) is 36.5 Å². The molecule has 2 fully saturated rings. The minimum absolute atomic E-state index is 0.0185. The Hall–Kier alpha value is -3.52. The zero-order valence-corrected chi connectivity index (χ0v) is 19.3. The van der Waals surface area contributed by atoms with Gasteiger partial charge in [0.15, 0.2) is 0 Å². The molecule has 2 aromatic carbocycles. The van der Waals surface area contributed by atoms with Crippen LogP contribution in [-0.4, -0.2) is 45.0 Å². The molecule has 0 bridgehead atoms. The van der Waals surface area contributed by atoms with Crippen molar-refractivity contribution in [3.8, 4) is 0 Å². The zero-order chi connectivity index (χ0) is 23.9. The molecule has 2 atom stereocenters. The average molecular weight is 463 g/mol. The Labute approximate surface area is 197 Å². The van der Waals surface area contributed by atoms with Crippen molar-refractivity contribution in [2.24, 2.45) is 0 Å². The van der Waals surface area contributed by atoms with Crippen LogP contribution in [0.15, 0.2) is 65.2 Å². The van der Waals surface area contributed by atoms with E-state index in [4.69, 9.17) is 4.52 Å². The first kappa shape index (κ1) is 22.3. The van der Waals surface area contributed by atoms with E-state index in [9.17, 15) is 14.0 Å². The molecule has 0 unspecified atom stereocenters. The molecular formula is C26H27FN4O3. The number of urea groups is 1. The lowest BCUT2D eigenvalue weighted by atomic mass is 9.81. The third-order valence-corrected chi connectivity index (χ3v) is 6.85. The highest BCUT2D eigenvalue weighted by Gasteiger charge is 2.59. The highest BCUT2D eigenvalue weighted by atomic mass is 19.1. The first-order valence-corrected chi connectivity index (χ1v) is 11.5. The lowest BCUT2D eigenvalue weighted by Gasteiger charge is -2.45. The third kappa shape index (κ3) is 3.88. The summed E-state index contributed by atoms with van der Waals surface area (Å²) in [5, 5.41) is 3.96. The van der Waals surface area contributed by atoms with Gasteiger partial charge in [-0.05, 0) is 50.5 Å².